The van der Waals surface area contributed by atoms with Gasteiger partial charge < -0.3 is 4.90 Å². The molecule has 0 unspecified atom stereocenters. The minimum absolute atomic E-state index is 0.0781. The first-order valence-corrected chi connectivity index (χ1v) is 11.0. The molecule has 6 nitrogen and oxygen atoms in total. The molecule has 0 saturated carbocycles. The SMILES string of the molecule is C[C@@H]1Cc2ccccc2N1C(=O)CSc1ncnc2c1cnn2-c1ccc(Cl)cc1. The van der Waals surface area contributed by atoms with Gasteiger partial charge in [0.25, 0.3) is 0 Å². The van der Waals surface area contributed by atoms with Gasteiger partial charge in [-0.15, -0.1) is 0 Å². The lowest BCUT2D eigenvalue weighted by Crippen LogP contribution is -2.36. The molecule has 0 spiro atoms. The minimum Gasteiger partial charge on any atom is -0.308 e. The molecular formula is C22H18ClN5OS. The predicted molar refractivity (Wildman–Crippen MR) is 119 cm³/mol. The van der Waals surface area contributed by atoms with Gasteiger partial charge in [0.2, 0.25) is 5.91 Å². The maximum atomic E-state index is 13.0. The molecule has 1 aliphatic rings. The van der Waals surface area contributed by atoms with Crippen molar-refractivity contribution in [1.82, 2.24) is 19.7 Å². The van der Waals surface area contributed by atoms with E-state index >= 15 is 0 Å². The van der Waals surface area contributed by atoms with Crippen molar-refractivity contribution in [3.05, 3.63) is 71.6 Å². The molecule has 0 bridgehead atoms. The molecule has 3 heterocycles. The fourth-order valence-electron chi connectivity index (χ4n) is 3.85. The van der Waals surface area contributed by atoms with Crippen LogP contribution in [0.3, 0.4) is 0 Å². The lowest BCUT2D eigenvalue weighted by molar-refractivity contribution is -0.116. The average Bonchev–Trinajstić information content (AvgIpc) is 3.33. The number of hydrogen-bond donors (Lipinski definition) is 0. The molecule has 0 N–H and O–H groups in total. The number of para-hydroxylation sites is 1. The first-order valence-electron chi connectivity index (χ1n) is 9.59. The Balaban J connectivity index is 1.39. The molecular weight excluding hydrogens is 418 g/mol. The van der Waals surface area contributed by atoms with Gasteiger partial charge in [0.15, 0.2) is 5.65 Å². The van der Waals surface area contributed by atoms with E-state index in [1.807, 2.05) is 47.4 Å². The van der Waals surface area contributed by atoms with Crippen LogP contribution in [0.25, 0.3) is 16.7 Å². The molecule has 0 fully saturated rings. The van der Waals surface area contributed by atoms with Crippen molar-refractivity contribution in [1.29, 1.82) is 0 Å². The number of rotatable bonds is 4. The highest BCUT2D eigenvalue weighted by Crippen LogP contribution is 2.33. The summed E-state index contributed by atoms with van der Waals surface area (Å²) >= 11 is 7.40. The maximum Gasteiger partial charge on any atom is 0.237 e. The third kappa shape index (κ3) is 3.34. The van der Waals surface area contributed by atoms with Gasteiger partial charge in [0, 0.05) is 16.8 Å². The number of benzene rings is 2. The maximum absolute atomic E-state index is 13.0. The molecule has 2 aromatic heterocycles. The van der Waals surface area contributed by atoms with Gasteiger partial charge in [-0.2, -0.15) is 5.10 Å². The zero-order valence-corrected chi connectivity index (χ0v) is 17.8. The van der Waals surface area contributed by atoms with E-state index in [2.05, 4.69) is 28.1 Å². The lowest BCUT2D eigenvalue weighted by atomic mass is 10.1. The predicted octanol–water partition coefficient (Wildman–Crippen LogP) is 4.54. The Morgan fingerprint density at radius 2 is 1.97 bits per heavy atom. The first-order chi connectivity index (χ1) is 14.6. The van der Waals surface area contributed by atoms with Crippen LogP contribution in [0.15, 0.2) is 66.1 Å². The Bertz CT molecular complexity index is 1240. The van der Waals surface area contributed by atoms with E-state index < -0.39 is 0 Å². The largest absolute Gasteiger partial charge is 0.308 e. The summed E-state index contributed by atoms with van der Waals surface area (Å²) in [4.78, 5) is 23.7. The summed E-state index contributed by atoms with van der Waals surface area (Å²) in [6.45, 7) is 2.08. The van der Waals surface area contributed by atoms with Crippen LogP contribution in [0.5, 0.6) is 0 Å². The Labute approximate surface area is 182 Å². The Morgan fingerprint density at radius 1 is 1.17 bits per heavy atom. The van der Waals surface area contributed by atoms with Crippen molar-refractivity contribution in [2.45, 2.75) is 24.4 Å². The Kier molecular flexibility index (Phi) is 4.92. The normalized spacial score (nSPS) is 15.5. The molecule has 0 aliphatic carbocycles. The molecule has 4 aromatic rings. The highest BCUT2D eigenvalue weighted by molar-refractivity contribution is 8.00. The molecule has 1 amide bonds. The van der Waals surface area contributed by atoms with E-state index in [0.717, 1.165) is 28.2 Å². The van der Waals surface area contributed by atoms with Crippen molar-refractivity contribution in [3.63, 3.8) is 0 Å². The Hall–Kier alpha value is -2.90. The third-order valence-electron chi connectivity index (χ3n) is 5.21. The third-order valence-corrected chi connectivity index (χ3v) is 6.45. The second-order valence-electron chi connectivity index (χ2n) is 7.18. The van der Waals surface area contributed by atoms with E-state index in [9.17, 15) is 4.79 Å². The van der Waals surface area contributed by atoms with E-state index in [0.29, 0.717) is 16.4 Å². The van der Waals surface area contributed by atoms with E-state index in [1.165, 1.54) is 23.7 Å². The number of anilines is 1. The van der Waals surface area contributed by atoms with E-state index in [1.54, 1.807) is 10.9 Å². The minimum atomic E-state index is 0.0781. The number of fused-ring (bicyclic) bond motifs is 2. The van der Waals surface area contributed by atoms with Crippen LogP contribution in [0, 0.1) is 0 Å². The summed E-state index contributed by atoms with van der Waals surface area (Å²) in [6.07, 6.45) is 4.14. The molecule has 30 heavy (non-hydrogen) atoms. The number of nitrogens with zero attached hydrogens (tertiary/aromatic N) is 5. The van der Waals surface area contributed by atoms with Gasteiger partial charge in [0.05, 0.1) is 23.0 Å². The monoisotopic (exact) mass is 435 g/mol. The van der Waals surface area contributed by atoms with E-state index in [-0.39, 0.29) is 11.9 Å². The summed E-state index contributed by atoms with van der Waals surface area (Å²) in [5.74, 6) is 0.381. The van der Waals surface area contributed by atoms with Crippen LogP contribution >= 0.6 is 23.4 Å². The van der Waals surface area contributed by atoms with Crippen LogP contribution in [0.2, 0.25) is 5.02 Å². The van der Waals surface area contributed by atoms with Crippen LogP contribution < -0.4 is 4.90 Å². The first kappa shape index (κ1) is 19.1. The fourth-order valence-corrected chi connectivity index (χ4v) is 4.80. The summed E-state index contributed by atoms with van der Waals surface area (Å²) in [5.41, 5.74) is 3.79. The number of aromatic nitrogens is 4. The zero-order valence-electron chi connectivity index (χ0n) is 16.2. The van der Waals surface area contributed by atoms with Gasteiger partial charge in [-0.05, 0) is 49.2 Å². The lowest BCUT2D eigenvalue weighted by Gasteiger charge is -2.22. The molecule has 1 aliphatic heterocycles. The average molecular weight is 436 g/mol. The standard InChI is InChI=1S/C22H18ClN5OS/c1-14-10-15-4-2-3-5-19(15)27(14)20(29)12-30-22-18-11-26-28(21(18)24-13-25-22)17-8-6-16(23)7-9-17/h2-9,11,13-14H,10,12H2,1H3/t14-/m1/s1. The van der Waals surface area contributed by atoms with Gasteiger partial charge >= 0.3 is 0 Å². The van der Waals surface area contributed by atoms with Crippen LogP contribution in [-0.4, -0.2) is 37.5 Å². The van der Waals surface area contributed by atoms with Crippen molar-refractivity contribution in [2.75, 3.05) is 10.7 Å². The quantitative estimate of drug-likeness (QED) is 0.348. The van der Waals surface area contributed by atoms with Gasteiger partial charge in [-0.1, -0.05) is 41.6 Å². The molecule has 2 aromatic carbocycles. The highest BCUT2D eigenvalue weighted by Gasteiger charge is 2.30. The van der Waals surface area contributed by atoms with Crippen LogP contribution in [0.4, 0.5) is 5.69 Å². The second-order valence-corrected chi connectivity index (χ2v) is 8.58. The number of amides is 1. The van der Waals surface area contributed by atoms with Gasteiger partial charge in [0.1, 0.15) is 11.4 Å². The van der Waals surface area contributed by atoms with Crippen molar-refractivity contribution in [3.8, 4) is 5.69 Å². The topological polar surface area (TPSA) is 63.9 Å². The number of halogens is 1. The molecule has 8 heteroatoms. The van der Waals surface area contributed by atoms with Crippen molar-refractivity contribution in [2.24, 2.45) is 0 Å². The fraction of sp³-hybridized carbons (Fsp3) is 0.182. The molecule has 0 saturated heterocycles. The summed E-state index contributed by atoms with van der Waals surface area (Å²) in [5, 5.41) is 6.69. The number of carbonyl (C=O) groups excluding carboxylic acids is 1. The molecule has 0 radical (unpaired) electrons. The van der Waals surface area contributed by atoms with Gasteiger partial charge in [-0.25, -0.2) is 14.6 Å². The second kappa shape index (κ2) is 7.74. The molecule has 150 valence electrons. The van der Waals surface area contributed by atoms with E-state index in [4.69, 9.17) is 11.6 Å². The highest BCUT2D eigenvalue weighted by atomic mass is 35.5. The van der Waals surface area contributed by atoms with Gasteiger partial charge in [-0.3, -0.25) is 4.79 Å². The zero-order chi connectivity index (χ0) is 20.7. The van der Waals surface area contributed by atoms with Crippen molar-refractivity contribution < 1.29 is 4.79 Å². The summed E-state index contributed by atoms with van der Waals surface area (Å²) in [7, 11) is 0. The number of thioether (sulfide) groups is 1. The summed E-state index contributed by atoms with van der Waals surface area (Å²) in [6, 6.07) is 15.7. The van der Waals surface area contributed by atoms with Crippen molar-refractivity contribution >= 4 is 46.0 Å². The number of carbonyl (C=O) groups is 1. The van der Waals surface area contributed by atoms with Crippen LogP contribution in [0.1, 0.15) is 12.5 Å². The van der Waals surface area contributed by atoms with Crippen LogP contribution in [-0.2, 0) is 11.2 Å². The summed E-state index contributed by atoms with van der Waals surface area (Å²) < 4.78 is 1.75. The number of hydrogen-bond acceptors (Lipinski definition) is 5. The smallest absolute Gasteiger partial charge is 0.237 e. The Morgan fingerprint density at radius 3 is 2.80 bits per heavy atom. The molecule has 1 atom stereocenters. The molecule has 5 rings (SSSR count).